The highest BCUT2D eigenvalue weighted by molar-refractivity contribution is 7.08. The molecule has 2 aromatic heterocycles. The molecule has 0 N–H and O–H groups in total. The molecule has 3 heterocycles. The van der Waals surface area contributed by atoms with Gasteiger partial charge in [-0.2, -0.15) is 16.3 Å². The number of hydrogen-bond donors (Lipinski definition) is 0. The summed E-state index contributed by atoms with van der Waals surface area (Å²) in [6, 6.07) is 12.0. The van der Waals surface area contributed by atoms with Crippen molar-refractivity contribution in [1.29, 1.82) is 0 Å². The van der Waals surface area contributed by atoms with Crippen LogP contribution in [0.4, 0.5) is 0 Å². The number of ether oxygens (including phenoxy) is 1. The summed E-state index contributed by atoms with van der Waals surface area (Å²) in [7, 11) is 0. The predicted octanol–water partition coefficient (Wildman–Crippen LogP) is 3.33. The van der Waals surface area contributed by atoms with E-state index in [0.717, 1.165) is 11.1 Å². The third-order valence-corrected chi connectivity index (χ3v) is 5.07. The number of carbonyl (C=O) groups excluding carboxylic acids is 1. The molecule has 1 atom stereocenters. The van der Waals surface area contributed by atoms with E-state index in [1.54, 1.807) is 11.3 Å². The zero-order valence-electron chi connectivity index (χ0n) is 14.2. The van der Waals surface area contributed by atoms with E-state index in [-0.39, 0.29) is 12.0 Å². The fourth-order valence-electron chi connectivity index (χ4n) is 2.98. The summed E-state index contributed by atoms with van der Waals surface area (Å²) in [4.78, 5) is 18.8. The summed E-state index contributed by atoms with van der Waals surface area (Å²) < 4.78 is 11.1. The molecular weight excluding hydrogens is 350 g/mol. The zero-order chi connectivity index (χ0) is 17.8. The van der Waals surface area contributed by atoms with Crippen molar-refractivity contribution in [3.8, 4) is 11.4 Å². The van der Waals surface area contributed by atoms with E-state index in [2.05, 4.69) is 10.1 Å². The van der Waals surface area contributed by atoms with Crippen LogP contribution in [-0.2, 0) is 16.0 Å². The zero-order valence-corrected chi connectivity index (χ0v) is 15.0. The van der Waals surface area contributed by atoms with Crippen LogP contribution in [0.15, 0.2) is 51.7 Å². The Kier molecular flexibility index (Phi) is 5.08. The van der Waals surface area contributed by atoms with E-state index in [0.29, 0.717) is 44.3 Å². The summed E-state index contributed by atoms with van der Waals surface area (Å²) in [6.07, 6.45) is 0.735. The van der Waals surface area contributed by atoms with Crippen molar-refractivity contribution in [2.24, 2.45) is 0 Å². The lowest BCUT2D eigenvalue weighted by Gasteiger charge is -2.33. The van der Waals surface area contributed by atoms with Crippen molar-refractivity contribution >= 4 is 17.2 Å². The smallest absolute Gasteiger partial charge is 0.227 e. The second kappa shape index (κ2) is 7.80. The van der Waals surface area contributed by atoms with Crippen LogP contribution in [-0.4, -0.2) is 40.6 Å². The molecule has 1 fully saturated rings. The van der Waals surface area contributed by atoms with Gasteiger partial charge < -0.3 is 14.2 Å². The van der Waals surface area contributed by atoms with E-state index < -0.39 is 0 Å². The quantitative estimate of drug-likeness (QED) is 0.690. The van der Waals surface area contributed by atoms with Crippen molar-refractivity contribution in [3.63, 3.8) is 0 Å². The van der Waals surface area contributed by atoms with Crippen molar-refractivity contribution < 1.29 is 14.1 Å². The average Bonchev–Trinajstić information content (AvgIpc) is 3.38. The first-order chi connectivity index (χ1) is 12.8. The van der Waals surface area contributed by atoms with Crippen LogP contribution in [0.25, 0.3) is 11.4 Å². The number of thiophene rings is 1. The molecule has 1 saturated heterocycles. The van der Waals surface area contributed by atoms with Gasteiger partial charge in [-0.1, -0.05) is 35.5 Å². The summed E-state index contributed by atoms with van der Waals surface area (Å²) >= 11 is 1.58. The van der Waals surface area contributed by atoms with Gasteiger partial charge in [-0.3, -0.25) is 4.79 Å². The van der Waals surface area contributed by atoms with Crippen molar-refractivity contribution in [2.75, 3.05) is 19.7 Å². The van der Waals surface area contributed by atoms with Gasteiger partial charge in [0.1, 0.15) is 6.10 Å². The van der Waals surface area contributed by atoms with Crippen LogP contribution in [0.3, 0.4) is 0 Å². The van der Waals surface area contributed by atoms with Gasteiger partial charge in [0.15, 0.2) is 0 Å². The Balaban J connectivity index is 1.33. The third-order valence-electron chi connectivity index (χ3n) is 4.39. The molecule has 0 bridgehead atoms. The maximum atomic E-state index is 12.6. The van der Waals surface area contributed by atoms with Crippen LogP contribution in [0.5, 0.6) is 0 Å². The number of morpholine rings is 1. The first-order valence-corrected chi connectivity index (χ1v) is 9.53. The Hall–Kier alpha value is -2.51. The summed E-state index contributed by atoms with van der Waals surface area (Å²) in [5, 5.41) is 7.91. The number of hydrogen-bond acceptors (Lipinski definition) is 6. The molecule has 1 aromatic carbocycles. The number of amides is 1. The Bertz CT molecular complexity index is 848. The van der Waals surface area contributed by atoms with Crippen molar-refractivity contribution in [3.05, 3.63) is 58.6 Å². The molecule has 134 valence electrons. The molecule has 1 aliphatic heterocycles. The van der Waals surface area contributed by atoms with E-state index in [1.165, 1.54) is 0 Å². The normalized spacial score (nSPS) is 17.4. The van der Waals surface area contributed by atoms with E-state index in [4.69, 9.17) is 9.26 Å². The maximum Gasteiger partial charge on any atom is 0.227 e. The number of benzene rings is 1. The topological polar surface area (TPSA) is 68.5 Å². The SMILES string of the molecule is O=C(CCc1nc(-c2ccsc2)no1)N1CCO[C@@H](c2ccccc2)C1. The van der Waals surface area contributed by atoms with Crippen LogP contribution < -0.4 is 0 Å². The number of nitrogens with zero attached hydrogens (tertiary/aromatic N) is 3. The minimum absolute atomic E-state index is 0.0671. The second-order valence-electron chi connectivity index (χ2n) is 6.13. The standard InChI is InChI=1S/C19H19N3O3S/c23-18(7-6-17-20-19(21-25-17)15-8-11-26-13-15)22-9-10-24-16(12-22)14-4-2-1-3-5-14/h1-5,8,11,13,16H,6-7,9-10,12H2/t16-/m1/s1. The lowest BCUT2D eigenvalue weighted by Crippen LogP contribution is -2.42. The number of rotatable bonds is 5. The van der Waals surface area contributed by atoms with Crippen LogP contribution in [0.1, 0.15) is 24.0 Å². The molecule has 7 heteroatoms. The molecule has 6 nitrogen and oxygen atoms in total. The highest BCUT2D eigenvalue weighted by atomic mass is 32.1. The van der Waals surface area contributed by atoms with E-state index in [9.17, 15) is 4.79 Å². The Morgan fingerprint density at radius 2 is 2.15 bits per heavy atom. The molecule has 0 saturated carbocycles. The fraction of sp³-hybridized carbons (Fsp3) is 0.316. The predicted molar refractivity (Wildman–Crippen MR) is 97.6 cm³/mol. The number of carbonyl (C=O) groups is 1. The second-order valence-corrected chi connectivity index (χ2v) is 6.91. The van der Waals surface area contributed by atoms with Crippen LogP contribution in [0.2, 0.25) is 0 Å². The van der Waals surface area contributed by atoms with Crippen LogP contribution >= 0.6 is 11.3 Å². The van der Waals surface area contributed by atoms with Gasteiger partial charge in [0.05, 0.1) is 13.2 Å². The Morgan fingerprint density at radius 1 is 1.27 bits per heavy atom. The first-order valence-electron chi connectivity index (χ1n) is 8.59. The number of aryl methyl sites for hydroxylation is 1. The summed E-state index contributed by atoms with van der Waals surface area (Å²) in [6.45, 7) is 1.74. The minimum atomic E-state index is -0.0671. The molecule has 0 radical (unpaired) electrons. The van der Waals surface area contributed by atoms with E-state index in [1.807, 2.05) is 52.1 Å². The molecule has 26 heavy (non-hydrogen) atoms. The third kappa shape index (κ3) is 3.84. The van der Waals surface area contributed by atoms with Crippen LogP contribution in [0, 0.1) is 0 Å². The van der Waals surface area contributed by atoms with Crippen molar-refractivity contribution in [1.82, 2.24) is 15.0 Å². The highest BCUT2D eigenvalue weighted by Crippen LogP contribution is 2.23. The van der Waals surface area contributed by atoms with Gasteiger partial charge in [0, 0.05) is 30.3 Å². The maximum absolute atomic E-state index is 12.6. The molecular formula is C19H19N3O3S. The molecule has 0 unspecified atom stereocenters. The first kappa shape index (κ1) is 16.9. The van der Waals surface area contributed by atoms with Gasteiger partial charge in [0.2, 0.25) is 17.6 Å². The lowest BCUT2D eigenvalue weighted by atomic mass is 10.1. The van der Waals surface area contributed by atoms with E-state index >= 15 is 0 Å². The minimum Gasteiger partial charge on any atom is -0.370 e. The lowest BCUT2D eigenvalue weighted by molar-refractivity contribution is -0.139. The van der Waals surface area contributed by atoms with Crippen molar-refractivity contribution in [2.45, 2.75) is 18.9 Å². The van der Waals surface area contributed by atoms with Gasteiger partial charge >= 0.3 is 0 Å². The molecule has 3 aromatic rings. The molecule has 1 aliphatic rings. The van der Waals surface area contributed by atoms with Gasteiger partial charge in [-0.25, -0.2) is 0 Å². The Morgan fingerprint density at radius 3 is 2.96 bits per heavy atom. The molecule has 0 aliphatic carbocycles. The largest absolute Gasteiger partial charge is 0.370 e. The highest BCUT2D eigenvalue weighted by Gasteiger charge is 2.25. The molecule has 0 spiro atoms. The molecule has 1 amide bonds. The van der Waals surface area contributed by atoms with Gasteiger partial charge in [-0.15, -0.1) is 0 Å². The summed E-state index contributed by atoms with van der Waals surface area (Å²) in [5.41, 5.74) is 2.04. The number of aromatic nitrogens is 2. The van der Waals surface area contributed by atoms with Gasteiger partial charge in [-0.05, 0) is 17.0 Å². The fourth-order valence-corrected chi connectivity index (χ4v) is 3.62. The van der Waals surface area contributed by atoms with Gasteiger partial charge in [0.25, 0.3) is 0 Å². The monoisotopic (exact) mass is 369 g/mol. The average molecular weight is 369 g/mol. The summed E-state index contributed by atoms with van der Waals surface area (Å²) in [5.74, 6) is 1.15. The Labute approximate surface area is 155 Å². The molecule has 4 rings (SSSR count).